The van der Waals surface area contributed by atoms with E-state index in [1.807, 2.05) is 50.2 Å². The van der Waals surface area contributed by atoms with Gasteiger partial charge in [-0.3, -0.25) is 4.79 Å². The van der Waals surface area contributed by atoms with Crippen LogP contribution >= 0.6 is 11.6 Å². The van der Waals surface area contributed by atoms with Gasteiger partial charge in [-0.2, -0.15) is 0 Å². The molecular weight excluding hydrogens is 270 g/mol. The van der Waals surface area contributed by atoms with Gasteiger partial charge in [0.2, 0.25) is 0 Å². The zero-order valence-electron chi connectivity index (χ0n) is 11.3. The van der Waals surface area contributed by atoms with Gasteiger partial charge in [-0.05, 0) is 37.6 Å². The molecule has 3 aromatic rings. The number of benzene rings is 2. The second-order valence-electron chi connectivity index (χ2n) is 5.04. The Labute approximate surface area is 122 Å². The van der Waals surface area contributed by atoms with Crippen LogP contribution in [0.2, 0.25) is 5.02 Å². The highest BCUT2D eigenvalue weighted by Crippen LogP contribution is 2.25. The molecule has 0 saturated carbocycles. The molecule has 2 aromatic carbocycles. The Morgan fingerprint density at radius 2 is 1.85 bits per heavy atom. The SMILES string of the molecule is Cc1ccc(C(=O)c2c[nH]c3ccc(Cl)cc23)c(C)c1. The van der Waals surface area contributed by atoms with Gasteiger partial charge in [-0.1, -0.05) is 35.4 Å². The van der Waals surface area contributed by atoms with Gasteiger partial charge < -0.3 is 4.98 Å². The fourth-order valence-electron chi connectivity index (χ4n) is 2.49. The number of ketones is 1. The summed E-state index contributed by atoms with van der Waals surface area (Å²) in [6.45, 7) is 3.98. The lowest BCUT2D eigenvalue weighted by molar-refractivity contribution is 0.104. The van der Waals surface area contributed by atoms with E-state index in [4.69, 9.17) is 11.6 Å². The maximum absolute atomic E-state index is 12.7. The van der Waals surface area contributed by atoms with Gasteiger partial charge in [0.1, 0.15) is 0 Å². The average Bonchev–Trinajstić information content (AvgIpc) is 2.81. The topological polar surface area (TPSA) is 32.9 Å². The minimum absolute atomic E-state index is 0.0241. The molecule has 0 aliphatic rings. The highest BCUT2D eigenvalue weighted by molar-refractivity contribution is 6.31. The van der Waals surface area contributed by atoms with Crippen LogP contribution in [0.15, 0.2) is 42.6 Å². The summed E-state index contributed by atoms with van der Waals surface area (Å²) in [6.07, 6.45) is 1.75. The molecule has 0 unspecified atom stereocenters. The highest BCUT2D eigenvalue weighted by atomic mass is 35.5. The second-order valence-corrected chi connectivity index (χ2v) is 5.48. The number of carbonyl (C=O) groups is 1. The molecule has 0 aliphatic carbocycles. The van der Waals surface area contributed by atoms with Crippen LogP contribution in [0, 0.1) is 13.8 Å². The normalized spacial score (nSPS) is 10.9. The number of nitrogens with one attached hydrogen (secondary N) is 1. The van der Waals surface area contributed by atoms with Crippen molar-refractivity contribution in [3.63, 3.8) is 0 Å². The summed E-state index contributed by atoms with van der Waals surface area (Å²) >= 11 is 6.03. The predicted molar refractivity (Wildman–Crippen MR) is 82.7 cm³/mol. The number of hydrogen-bond donors (Lipinski definition) is 1. The summed E-state index contributed by atoms with van der Waals surface area (Å²) in [7, 11) is 0. The summed E-state index contributed by atoms with van der Waals surface area (Å²) in [6, 6.07) is 11.4. The molecule has 0 atom stereocenters. The van der Waals surface area contributed by atoms with Crippen molar-refractivity contribution >= 4 is 28.3 Å². The Balaban J connectivity index is 2.15. The molecule has 0 amide bonds. The quantitative estimate of drug-likeness (QED) is 0.681. The van der Waals surface area contributed by atoms with Gasteiger partial charge in [-0.25, -0.2) is 0 Å². The molecule has 3 rings (SSSR count). The number of hydrogen-bond acceptors (Lipinski definition) is 1. The standard InChI is InChI=1S/C17H14ClNO/c1-10-3-5-13(11(2)7-10)17(20)15-9-19-16-6-4-12(18)8-14(15)16/h3-9,19H,1-2H3. The van der Waals surface area contributed by atoms with Crippen molar-refractivity contribution in [3.8, 4) is 0 Å². The zero-order chi connectivity index (χ0) is 14.3. The van der Waals surface area contributed by atoms with Crippen molar-refractivity contribution in [2.45, 2.75) is 13.8 Å². The van der Waals surface area contributed by atoms with Crippen molar-refractivity contribution in [1.29, 1.82) is 0 Å². The van der Waals surface area contributed by atoms with Gasteiger partial charge in [-0.15, -0.1) is 0 Å². The molecule has 1 N–H and O–H groups in total. The summed E-state index contributed by atoms with van der Waals surface area (Å²) in [5.41, 5.74) is 4.46. The third-order valence-electron chi connectivity index (χ3n) is 3.51. The van der Waals surface area contributed by atoms with Crippen molar-refractivity contribution in [2.75, 3.05) is 0 Å². The van der Waals surface area contributed by atoms with E-state index in [1.165, 1.54) is 0 Å². The van der Waals surface area contributed by atoms with E-state index < -0.39 is 0 Å². The third-order valence-corrected chi connectivity index (χ3v) is 3.75. The number of aryl methyl sites for hydroxylation is 2. The first-order chi connectivity index (χ1) is 9.56. The monoisotopic (exact) mass is 283 g/mol. The van der Waals surface area contributed by atoms with Gasteiger partial charge >= 0.3 is 0 Å². The number of fused-ring (bicyclic) bond motifs is 1. The summed E-state index contributed by atoms with van der Waals surface area (Å²) in [5, 5.41) is 1.49. The Morgan fingerprint density at radius 3 is 2.60 bits per heavy atom. The van der Waals surface area contributed by atoms with Crippen LogP contribution in [-0.4, -0.2) is 10.8 Å². The molecule has 0 radical (unpaired) electrons. The molecule has 1 aromatic heterocycles. The van der Waals surface area contributed by atoms with Crippen molar-refractivity contribution in [3.05, 3.63) is 69.9 Å². The van der Waals surface area contributed by atoms with E-state index in [1.54, 1.807) is 6.20 Å². The molecule has 0 bridgehead atoms. The van der Waals surface area contributed by atoms with E-state index in [0.717, 1.165) is 27.6 Å². The molecular formula is C17H14ClNO. The smallest absolute Gasteiger partial charge is 0.195 e. The Morgan fingerprint density at radius 1 is 1.05 bits per heavy atom. The summed E-state index contributed by atoms with van der Waals surface area (Å²) in [4.78, 5) is 15.8. The summed E-state index contributed by atoms with van der Waals surface area (Å²) < 4.78 is 0. The molecule has 0 aliphatic heterocycles. The maximum Gasteiger partial charge on any atom is 0.195 e. The van der Waals surface area contributed by atoms with E-state index in [-0.39, 0.29) is 5.78 Å². The number of carbonyl (C=O) groups excluding carboxylic acids is 1. The van der Waals surface area contributed by atoms with Gasteiger partial charge in [0.05, 0.1) is 0 Å². The molecule has 2 nitrogen and oxygen atoms in total. The number of aromatic amines is 1. The van der Waals surface area contributed by atoms with Crippen LogP contribution in [0.25, 0.3) is 10.9 Å². The number of rotatable bonds is 2. The lowest BCUT2D eigenvalue weighted by atomic mass is 9.97. The van der Waals surface area contributed by atoms with Crippen LogP contribution < -0.4 is 0 Å². The second kappa shape index (κ2) is 4.80. The van der Waals surface area contributed by atoms with Gasteiger partial charge in [0, 0.05) is 33.2 Å². The van der Waals surface area contributed by atoms with E-state index in [9.17, 15) is 4.79 Å². The fraction of sp³-hybridized carbons (Fsp3) is 0.118. The van der Waals surface area contributed by atoms with E-state index in [2.05, 4.69) is 4.98 Å². The van der Waals surface area contributed by atoms with Crippen LogP contribution in [0.3, 0.4) is 0 Å². The average molecular weight is 284 g/mol. The largest absolute Gasteiger partial charge is 0.360 e. The van der Waals surface area contributed by atoms with Gasteiger partial charge in [0.15, 0.2) is 5.78 Å². The van der Waals surface area contributed by atoms with Crippen molar-refractivity contribution in [1.82, 2.24) is 4.98 Å². The minimum atomic E-state index is 0.0241. The van der Waals surface area contributed by atoms with Gasteiger partial charge in [0.25, 0.3) is 0 Å². The fourth-order valence-corrected chi connectivity index (χ4v) is 2.67. The van der Waals surface area contributed by atoms with Crippen molar-refractivity contribution < 1.29 is 4.79 Å². The highest BCUT2D eigenvalue weighted by Gasteiger charge is 2.16. The Bertz CT molecular complexity index is 817. The molecule has 20 heavy (non-hydrogen) atoms. The zero-order valence-corrected chi connectivity index (χ0v) is 12.1. The number of H-pyrrole nitrogens is 1. The Kier molecular flexibility index (Phi) is 3.11. The number of halogens is 1. The van der Waals surface area contributed by atoms with Crippen molar-refractivity contribution in [2.24, 2.45) is 0 Å². The number of aromatic nitrogens is 1. The predicted octanol–water partition coefficient (Wildman–Crippen LogP) is 4.67. The van der Waals surface area contributed by atoms with Crippen LogP contribution in [0.4, 0.5) is 0 Å². The first kappa shape index (κ1) is 12.9. The van der Waals surface area contributed by atoms with E-state index in [0.29, 0.717) is 10.6 Å². The summed E-state index contributed by atoms with van der Waals surface area (Å²) in [5.74, 6) is 0.0241. The molecule has 100 valence electrons. The lowest BCUT2D eigenvalue weighted by Gasteiger charge is -2.05. The molecule has 1 heterocycles. The minimum Gasteiger partial charge on any atom is -0.360 e. The first-order valence-electron chi connectivity index (χ1n) is 6.45. The molecule has 3 heteroatoms. The van der Waals surface area contributed by atoms with Crippen LogP contribution in [0.1, 0.15) is 27.0 Å². The lowest BCUT2D eigenvalue weighted by Crippen LogP contribution is -2.03. The van der Waals surface area contributed by atoms with Crippen LogP contribution in [0.5, 0.6) is 0 Å². The van der Waals surface area contributed by atoms with E-state index >= 15 is 0 Å². The maximum atomic E-state index is 12.7. The third kappa shape index (κ3) is 2.12. The first-order valence-corrected chi connectivity index (χ1v) is 6.82. The molecule has 0 fully saturated rings. The molecule has 0 spiro atoms. The van der Waals surface area contributed by atoms with Crippen LogP contribution in [-0.2, 0) is 0 Å². The molecule has 0 saturated heterocycles. The Hall–Kier alpha value is -2.06.